The van der Waals surface area contributed by atoms with Crippen molar-refractivity contribution in [1.82, 2.24) is 10.2 Å². The first-order valence-electron chi connectivity index (χ1n) is 14.8. The SMILES string of the molecule is CCCN(CCC)C(=O)C1([C@H](Cc2cc(F)cc(F)c2)[C@@H](O)CNCc2ccc(C)c(C)c2)C=C(C)C=C(C(N)=O)C1. The molecule has 2 aromatic rings. The van der Waals surface area contributed by atoms with Crippen LogP contribution in [0.4, 0.5) is 8.78 Å². The van der Waals surface area contributed by atoms with Gasteiger partial charge in [-0.05, 0) is 80.8 Å². The number of aliphatic hydroxyl groups excluding tert-OH is 1. The van der Waals surface area contributed by atoms with E-state index in [9.17, 15) is 23.5 Å². The third kappa shape index (κ3) is 8.13. The van der Waals surface area contributed by atoms with Crippen LogP contribution in [-0.4, -0.2) is 47.6 Å². The fourth-order valence-corrected chi connectivity index (χ4v) is 6.05. The van der Waals surface area contributed by atoms with Gasteiger partial charge in [0, 0.05) is 43.7 Å². The quantitative estimate of drug-likeness (QED) is 0.283. The monoisotopic (exact) mass is 581 g/mol. The lowest BCUT2D eigenvalue weighted by molar-refractivity contribution is -0.145. The molecule has 0 aliphatic heterocycles. The van der Waals surface area contributed by atoms with Crippen molar-refractivity contribution in [2.75, 3.05) is 19.6 Å². The van der Waals surface area contributed by atoms with Gasteiger partial charge in [-0.3, -0.25) is 9.59 Å². The van der Waals surface area contributed by atoms with Gasteiger partial charge in [-0.25, -0.2) is 8.78 Å². The zero-order valence-corrected chi connectivity index (χ0v) is 25.5. The molecule has 0 fully saturated rings. The van der Waals surface area contributed by atoms with E-state index in [1.807, 2.05) is 45.9 Å². The molecule has 0 aromatic heterocycles. The van der Waals surface area contributed by atoms with Crippen LogP contribution >= 0.6 is 0 Å². The van der Waals surface area contributed by atoms with Crippen molar-refractivity contribution in [3.8, 4) is 0 Å². The first kappa shape index (κ1) is 33.1. The summed E-state index contributed by atoms with van der Waals surface area (Å²) >= 11 is 0. The molecule has 0 bridgehead atoms. The summed E-state index contributed by atoms with van der Waals surface area (Å²) in [6.07, 6.45) is 3.82. The average molecular weight is 582 g/mol. The summed E-state index contributed by atoms with van der Waals surface area (Å²) in [6, 6.07) is 9.39. The summed E-state index contributed by atoms with van der Waals surface area (Å²) in [4.78, 5) is 28.8. The zero-order chi connectivity index (χ0) is 31.0. The van der Waals surface area contributed by atoms with E-state index in [-0.39, 0.29) is 30.9 Å². The molecular weight excluding hydrogens is 536 g/mol. The molecule has 3 atom stereocenters. The Morgan fingerprint density at radius 1 is 1.00 bits per heavy atom. The van der Waals surface area contributed by atoms with Crippen molar-refractivity contribution in [2.45, 2.75) is 73.0 Å². The lowest BCUT2D eigenvalue weighted by Gasteiger charge is -2.45. The van der Waals surface area contributed by atoms with Gasteiger partial charge in [0.05, 0.1) is 11.5 Å². The Kier molecular flexibility index (Phi) is 11.6. The number of halogens is 2. The molecule has 0 spiro atoms. The Morgan fingerprint density at radius 3 is 2.21 bits per heavy atom. The van der Waals surface area contributed by atoms with Crippen molar-refractivity contribution >= 4 is 11.8 Å². The number of rotatable bonds is 14. The van der Waals surface area contributed by atoms with Gasteiger partial charge in [-0.15, -0.1) is 0 Å². The van der Waals surface area contributed by atoms with Crippen LogP contribution in [-0.2, 0) is 22.6 Å². The number of aryl methyl sites for hydroxylation is 2. The number of allylic oxidation sites excluding steroid dienone is 2. The third-order valence-corrected chi connectivity index (χ3v) is 8.12. The van der Waals surface area contributed by atoms with Crippen molar-refractivity contribution < 1.29 is 23.5 Å². The number of carbonyl (C=O) groups is 2. The first-order valence-corrected chi connectivity index (χ1v) is 14.8. The molecule has 0 saturated heterocycles. The molecule has 0 saturated carbocycles. The fraction of sp³-hybridized carbons (Fsp3) is 0.471. The van der Waals surface area contributed by atoms with Crippen molar-refractivity contribution in [1.29, 1.82) is 0 Å². The molecule has 1 aliphatic rings. The van der Waals surface area contributed by atoms with Crippen LogP contribution in [0.15, 0.2) is 59.7 Å². The zero-order valence-electron chi connectivity index (χ0n) is 25.5. The minimum Gasteiger partial charge on any atom is -0.391 e. The second kappa shape index (κ2) is 14.7. The molecule has 1 unspecified atom stereocenters. The topological polar surface area (TPSA) is 95.7 Å². The lowest BCUT2D eigenvalue weighted by atomic mass is 9.63. The number of aliphatic hydroxyl groups is 1. The Hall–Kier alpha value is -3.36. The van der Waals surface area contributed by atoms with Gasteiger partial charge in [0.1, 0.15) is 11.6 Å². The van der Waals surface area contributed by atoms with Crippen LogP contribution < -0.4 is 11.1 Å². The molecule has 0 radical (unpaired) electrons. The first-order chi connectivity index (χ1) is 19.9. The van der Waals surface area contributed by atoms with E-state index in [0.717, 1.165) is 30.0 Å². The molecule has 2 aromatic carbocycles. The molecular formula is C34H45F2N3O3. The fourth-order valence-electron chi connectivity index (χ4n) is 6.05. The van der Waals surface area contributed by atoms with Crippen molar-refractivity contribution in [3.05, 3.63) is 93.6 Å². The maximum Gasteiger partial charge on any atom is 0.244 e. The van der Waals surface area contributed by atoms with Crippen LogP contribution in [0, 0.1) is 36.8 Å². The van der Waals surface area contributed by atoms with E-state index in [2.05, 4.69) is 11.4 Å². The van der Waals surface area contributed by atoms with Gasteiger partial charge in [-0.1, -0.05) is 49.8 Å². The van der Waals surface area contributed by atoms with Gasteiger partial charge in [0.2, 0.25) is 11.8 Å². The number of benzene rings is 2. The summed E-state index contributed by atoms with van der Waals surface area (Å²) in [5.74, 6) is -3.17. The minimum absolute atomic E-state index is 0.00875. The summed E-state index contributed by atoms with van der Waals surface area (Å²) in [7, 11) is 0. The molecule has 6 nitrogen and oxygen atoms in total. The molecule has 2 amide bonds. The summed E-state index contributed by atoms with van der Waals surface area (Å²) < 4.78 is 28.6. The number of hydrogen-bond acceptors (Lipinski definition) is 4. The highest BCUT2D eigenvalue weighted by atomic mass is 19.1. The highest BCUT2D eigenvalue weighted by Crippen LogP contribution is 2.45. The van der Waals surface area contributed by atoms with E-state index in [1.54, 1.807) is 17.9 Å². The largest absolute Gasteiger partial charge is 0.391 e. The Balaban J connectivity index is 2.08. The van der Waals surface area contributed by atoms with Gasteiger partial charge in [0.25, 0.3) is 0 Å². The number of hydrogen-bond donors (Lipinski definition) is 3. The Labute approximate surface area is 248 Å². The van der Waals surface area contributed by atoms with Crippen LogP contribution in [0.25, 0.3) is 0 Å². The van der Waals surface area contributed by atoms with Gasteiger partial charge in [0.15, 0.2) is 0 Å². The molecule has 228 valence electrons. The van der Waals surface area contributed by atoms with E-state index < -0.39 is 35.0 Å². The lowest BCUT2D eigenvalue weighted by Crippen LogP contribution is -2.54. The number of nitrogens with zero attached hydrogens (tertiary/aromatic N) is 1. The second-order valence-electron chi connectivity index (χ2n) is 11.6. The van der Waals surface area contributed by atoms with Crippen LogP contribution in [0.1, 0.15) is 62.3 Å². The number of carbonyl (C=O) groups excluding carboxylic acids is 2. The molecule has 42 heavy (non-hydrogen) atoms. The summed E-state index contributed by atoms with van der Waals surface area (Å²) in [5.41, 5.74) is 9.04. The van der Waals surface area contributed by atoms with Gasteiger partial charge in [-0.2, -0.15) is 0 Å². The minimum atomic E-state index is -1.36. The number of nitrogens with two attached hydrogens (primary N) is 1. The maximum atomic E-state index is 14.6. The molecule has 3 rings (SSSR count). The van der Waals surface area contributed by atoms with Gasteiger partial charge >= 0.3 is 0 Å². The predicted octanol–water partition coefficient (Wildman–Crippen LogP) is 5.29. The second-order valence-corrected chi connectivity index (χ2v) is 11.6. The van der Waals surface area contributed by atoms with E-state index in [4.69, 9.17) is 5.73 Å². The Morgan fingerprint density at radius 2 is 1.64 bits per heavy atom. The smallest absolute Gasteiger partial charge is 0.244 e. The van der Waals surface area contributed by atoms with Crippen molar-refractivity contribution in [3.63, 3.8) is 0 Å². The van der Waals surface area contributed by atoms with Crippen LogP contribution in [0.3, 0.4) is 0 Å². The Bertz CT molecular complexity index is 1310. The van der Waals surface area contributed by atoms with Crippen LogP contribution in [0.5, 0.6) is 0 Å². The number of nitrogens with one attached hydrogen (secondary N) is 1. The highest BCUT2D eigenvalue weighted by molar-refractivity contribution is 5.96. The standard InChI is InChI=1S/C34H45F2N3O3/c1-6-10-39(11-7-2)33(42)34(18-22(3)12-27(19-34)32(37)41)30(16-26-14-28(35)17-29(36)15-26)31(40)21-38-20-25-9-8-23(4)24(5)13-25/h8-9,12-15,17-18,30-31,38,40H,6-7,10-11,16,19-21H2,1-5H3,(H2,37,41)/t30-,31+,34?/m1/s1. The predicted molar refractivity (Wildman–Crippen MR) is 162 cm³/mol. The molecule has 0 heterocycles. The number of primary amides is 1. The summed E-state index contributed by atoms with van der Waals surface area (Å²) in [5, 5.41) is 15.1. The average Bonchev–Trinajstić information content (AvgIpc) is 2.92. The normalized spacial score (nSPS) is 18.2. The molecule has 1 aliphatic carbocycles. The molecule has 4 N–H and O–H groups in total. The third-order valence-electron chi connectivity index (χ3n) is 8.12. The van der Waals surface area contributed by atoms with E-state index in [0.29, 0.717) is 30.8 Å². The van der Waals surface area contributed by atoms with E-state index >= 15 is 0 Å². The maximum absolute atomic E-state index is 14.6. The van der Waals surface area contributed by atoms with Crippen molar-refractivity contribution in [2.24, 2.45) is 17.1 Å². The van der Waals surface area contributed by atoms with Crippen LogP contribution in [0.2, 0.25) is 0 Å². The van der Waals surface area contributed by atoms with E-state index in [1.165, 1.54) is 17.7 Å². The highest BCUT2D eigenvalue weighted by Gasteiger charge is 2.50. The summed E-state index contributed by atoms with van der Waals surface area (Å²) in [6.45, 7) is 11.4. The molecule has 8 heteroatoms. The van der Waals surface area contributed by atoms with Gasteiger partial charge < -0.3 is 21.1 Å². The number of amides is 2.